The monoisotopic (exact) mass is 433 g/mol. The Morgan fingerprint density at radius 3 is 1.44 bits per heavy atom. The average molecular weight is 434 g/mol. The van der Waals surface area contributed by atoms with E-state index in [4.69, 9.17) is 9.11 Å². The largest absolute Gasteiger partial charge is 0.391 e. The van der Waals surface area contributed by atoms with E-state index in [-0.39, 0.29) is 13.1 Å². The summed E-state index contributed by atoms with van der Waals surface area (Å²) in [5.41, 5.74) is 0. The topological polar surface area (TPSA) is 152 Å². The quantitative estimate of drug-likeness (QED) is 0.194. The lowest BCUT2D eigenvalue weighted by Crippen LogP contribution is -2.42. The maximum atomic E-state index is 10.9. The summed E-state index contributed by atoms with van der Waals surface area (Å²) < 4.78 is 61.0. The van der Waals surface area contributed by atoms with E-state index in [1.54, 1.807) is 4.90 Å². The number of unbranched alkanes of at least 4 members (excludes halogenated alkanes) is 7. The fraction of sp³-hybridized carbons (Fsp3) is 1.00. The van der Waals surface area contributed by atoms with Gasteiger partial charge in [-0.2, -0.15) is 16.8 Å². The third-order valence-corrected chi connectivity index (χ3v) is 5.68. The molecule has 0 rings (SSSR count). The minimum absolute atomic E-state index is 0.140. The Morgan fingerprint density at radius 1 is 0.704 bits per heavy atom. The molecule has 0 heterocycles. The molecular formula is C16H35NO8S2. The van der Waals surface area contributed by atoms with Crippen molar-refractivity contribution < 1.29 is 36.2 Å². The highest BCUT2D eigenvalue weighted by Crippen LogP contribution is 2.10. The van der Waals surface area contributed by atoms with Crippen molar-refractivity contribution in [2.75, 3.05) is 31.1 Å². The Balaban J connectivity index is 4.42. The van der Waals surface area contributed by atoms with Crippen LogP contribution in [0.25, 0.3) is 0 Å². The molecular weight excluding hydrogens is 398 g/mol. The first kappa shape index (κ1) is 26.7. The van der Waals surface area contributed by atoms with Gasteiger partial charge in [0.1, 0.15) is 11.5 Å². The zero-order chi connectivity index (χ0) is 20.9. The number of aliphatic hydroxyl groups is 2. The SMILES string of the molecule is CCCCCCCCCCN(CC(O)CS(=O)(=O)O)CC(O)CS(=O)(=O)O. The molecule has 0 aromatic rings. The van der Waals surface area contributed by atoms with Gasteiger partial charge in [0.25, 0.3) is 20.2 Å². The fourth-order valence-electron chi connectivity index (χ4n) is 2.91. The summed E-state index contributed by atoms with van der Waals surface area (Å²) in [5.74, 6) is -1.68. The van der Waals surface area contributed by atoms with Gasteiger partial charge in [-0.05, 0) is 13.0 Å². The molecule has 27 heavy (non-hydrogen) atoms. The molecule has 0 bridgehead atoms. The van der Waals surface area contributed by atoms with Gasteiger partial charge in [-0.3, -0.25) is 14.0 Å². The Bertz CT molecular complexity index is 537. The Labute approximate surface area is 163 Å². The van der Waals surface area contributed by atoms with E-state index >= 15 is 0 Å². The van der Waals surface area contributed by atoms with Crippen molar-refractivity contribution in [3.8, 4) is 0 Å². The predicted molar refractivity (Wildman–Crippen MR) is 104 cm³/mol. The first-order valence-electron chi connectivity index (χ1n) is 9.41. The molecule has 0 fully saturated rings. The van der Waals surface area contributed by atoms with Crippen molar-refractivity contribution in [2.24, 2.45) is 0 Å². The number of hydrogen-bond donors (Lipinski definition) is 4. The smallest absolute Gasteiger partial charge is 0.267 e. The lowest BCUT2D eigenvalue weighted by molar-refractivity contribution is 0.0836. The molecule has 9 nitrogen and oxygen atoms in total. The van der Waals surface area contributed by atoms with Gasteiger partial charge in [0.2, 0.25) is 0 Å². The molecule has 0 saturated carbocycles. The molecule has 11 heteroatoms. The van der Waals surface area contributed by atoms with Gasteiger partial charge < -0.3 is 10.2 Å². The number of nitrogens with zero attached hydrogens (tertiary/aromatic N) is 1. The van der Waals surface area contributed by atoms with Gasteiger partial charge in [-0.1, -0.05) is 51.9 Å². The Hall–Kier alpha value is -0.300. The Morgan fingerprint density at radius 2 is 1.07 bits per heavy atom. The molecule has 0 aliphatic rings. The Kier molecular flexibility index (Phi) is 13.7. The van der Waals surface area contributed by atoms with Crippen LogP contribution in [0.15, 0.2) is 0 Å². The summed E-state index contributed by atoms with van der Waals surface area (Å²) in [6, 6.07) is 0. The molecule has 0 aliphatic carbocycles. The maximum Gasteiger partial charge on any atom is 0.267 e. The minimum Gasteiger partial charge on any atom is -0.391 e. The van der Waals surface area contributed by atoms with Crippen molar-refractivity contribution in [1.82, 2.24) is 4.90 Å². The molecule has 0 radical (unpaired) electrons. The van der Waals surface area contributed by atoms with Crippen LogP contribution in [0.4, 0.5) is 0 Å². The lowest BCUT2D eigenvalue weighted by Gasteiger charge is -2.26. The zero-order valence-electron chi connectivity index (χ0n) is 16.0. The van der Waals surface area contributed by atoms with E-state index in [2.05, 4.69) is 6.92 Å². The van der Waals surface area contributed by atoms with E-state index in [1.165, 1.54) is 25.7 Å². The highest BCUT2D eigenvalue weighted by atomic mass is 32.2. The highest BCUT2D eigenvalue weighted by Gasteiger charge is 2.22. The summed E-state index contributed by atoms with van der Waals surface area (Å²) in [6.07, 6.45) is 5.90. The van der Waals surface area contributed by atoms with E-state index in [0.29, 0.717) is 6.54 Å². The number of hydrogen-bond acceptors (Lipinski definition) is 7. The third kappa shape index (κ3) is 18.8. The maximum absolute atomic E-state index is 10.9. The van der Waals surface area contributed by atoms with Crippen molar-refractivity contribution in [3.63, 3.8) is 0 Å². The van der Waals surface area contributed by atoms with Gasteiger partial charge in [-0.25, -0.2) is 0 Å². The molecule has 4 N–H and O–H groups in total. The molecule has 2 unspecified atom stereocenters. The van der Waals surface area contributed by atoms with E-state index in [9.17, 15) is 27.0 Å². The fourth-order valence-corrected chi connectivity index (χ4v) is 4.10. The van der Waals surface area contributed by atoms with E-state index < -0.39 is 43.9 Å². The normalized spacial score (nSPS) is 15.2. The standard InChI is InChI=1S/C16H35NO8S2/c1-2-3-4-5-6-7-8-9-10-17(11-15(18)13-26(20,21)22)12-16(19)14-27(23,24)25/h15-16,18-19H,2-14H2,1H3,(H,20,21,22)(H,23,24,25). The van der Waals surface area contributed by atoms with Crippen molar-refractivity contribution in [1.29, 1.82) is 0 Å². The van der Waals surface area contributed by atoms with Gasteiger partial charge in [-0.15, -0.1) is 0 Å². The molecule has 0 amide bonds. The second-order valence-electron chi connectivity index (χ2n) is 7.04. The zero-order valence-corrected chi connectivity index (χ0v) is 17.7. The summed E-state index contributed by atoms with van der Waals surface area (Å²) >= 11 is 0. The molecule has 0 aromatic carbocycles. The predicted octanol–water partition coefficient (Wildman–Crippen LogP) is 0.927. The van der Waals surface area contributed by atoms with Crippen LogP contribution in [0.2, 0.25) is 0 Å². The van der Waals surface area contributed by atoms with Crippen LogP contribution in [0.3, 0.4) is 0 Å². The van der Waals surface area contributed by atoms with Crippen LogP contribution in [0.5, 0.6) is 0 Å². The lowest BCUT2D eigenvalue weighted by atomic mass is 10.1. The summed E-state index contributed by atoms with van der Waals surface area (Å²) in [5, 5.41) is 19.6. The number of aliphatic hydroxyl groups excluding tert-OH is 2. The second kappa shape index (κ2) is 13.8. The van der Waals surface area contributed by atoms with Crippen LogP contribution in [-0.4, -0.2) is 84.4 Å². The van der Waals surface area contributed by atoms with Crippen LogP contribution in [0.1, 0.15) is 58.3 Å². The van der Waals surface area contributed by atoms with E-state index in [0.717, 1.165) is 25.7 Å². The number of rotatable bonds is 17. The minimum atomic E-state index is -4.34. The first-order valence-corrected chi connectivity index (χ1v) is 12.6. The first-order chi connectivity index (χ1) is 12.4. The summed E-state index contributed by atoms with van der Waals surface area (Å²) in [4.78, 5) is 1.54. The molecule has 164 valence electrons. The van der Waals surface area contributed by atoms with Gasteiger partial charge in [0.05, 0.1) is 12.2 Å². The highest BCUT2D eigenvalue weighted by molar-refractivity contribution is 7.86. The van der Waals surface area contributed by atoms with Crippen LogP contribution in [0, 0.1) is 0 Å². The third-order valence-electron chi connectivity index (χ3n) is 4.07. The van der Waals surface area contributed by atoms with Crippen molar-refractivity contribution >= 4 is 20.2 Å². The van der Waals surface area contributed by atoms with Crippen LogP contribution in [-0.2, 0) is 20.2 Å². The molecule has 0 saturated heterocycles. The van der Waals surface area contributed by atoms with Crippen LogP contribution < -0.4 is 0 Å². The molecule has 0 spiro atoms. The van der Waals surface area contributed by atoms with Crippen LogP contribution >= 0.6 is 0 Å². The van der Waals surface area contributed by atoms with Crippen molar-refractivity contribution in [3.05, 3.63) is 0 Å². The molecule has 2 atom stereocenters. The average Bonchev–Trinajstić information content (AvgIpc) is 2.45. The van der Waals surface area contributed by atoms with Gasteiger partial charge >= 0.3 is 0 Å². The second-order valence-corrected chi connectivity index (χ2v) is 10.0. The van der Waals surface area contributed by atoms with Crippen molar-refractivity contribution in [2.45, 2.75) is 70.5 Å². The molecule has 0 aliphatic heterocycles. The van der Waals surface area contributed by atoms with Gasteiger partial charge in [0.15, 0.2) is 0 Å². The summed E-state index contributed by atoms with van der Waals surface area (Å²) in [7, 11) is -8.68. The molecule has 0 aromatic heterocycles. The van der Waals surface area contributed by atoms with E-state index in [1.807, 2.05) is 0 Å². The summed E-state index contributed by atoms with van der Waals surface area (Å²) in [6.45, 7) is 2.30. The van der Waals surface area contributed by atoms with Gasteiger partial charge in [0, 0.05) is 13.1 Å².